The van der Waals surface area contributed by atoms with Crippen LogP contribution in [0.15, 0.2) is 35.3 Å². The number of esters is 1. The molecule has 2 aromatic rings. The van der Waals surface area contributed by atoms with Crippen molar-refractivity contribution in [2.24, 2.45) is 5.92 Å². The fraction of sp³-hybridized carbons (Fsp3) is 0.333. The van der Waals surface area contributed by atoms with E-state index in [1.165, 1.54) is 25.4 Å². The molecule has 0 spiro atoms. The SMILES string of the molecule is COC(=O)c1ccccc1-n1ncc(NC(CC(C)C)C(=O)O)c(Cl)c1=O. The Morgan fingerprint density at radius 2 is 2.00 bits per heavy atom. The highest BCUT2D eigenvalue weighted by molar-refractivity contribution is 6.33. The molecule has 0 aliphatic heterocycles. The highest BCUT2D eigenvalue weighted by Gasteiger charge is 2.22. The normalized spacial score (nSPS) is 11.9. The molecule has 1 heterocycles. The number of aromatic nitrogens is 2. The van der Waals surface area contributed by atoms with Crippen LogP contribution in [0.25, 0.3) is 5.69 Å². The summed E-state index contributed by atoms with van der Waals surface area (Å²) in [5.41, 5.74) is -0.220. The summed E-state index contributed by atoms with van der Waals surface area (Å²) in [6.07, 6.45) is 1.61. The Kier molecular flexibility index (Phi) is 6.57. The number of hydrogen-bond acceptors (Lipinski definition) is 6. The molecule has 8 nitrogen and oxygen atoms in total. The number of carbonyl (C=O) groups excluding carboxylic acids is 1. The minimum absolute atomic E-state index is 0.113. The molecule has 0 saturated carbocycles. The molecular formula is C18H20ClN3O5. The summed E-state index contributed by atoms with van der Waals surface area (Å²) in [6, 6.07) is 5.38. The van der Waals surface area contributed by atoms with E-state index < -0.39 is 23.5 Å². The number of carboxylic acids is 1. The van der Waals surface area contributed by atoms with Crippen LogP contribution in [0.2, 0.25) is 5.02 Å². The average Bonchev–Trinajstić information content (AvgIpc) is 2.64. The lowest BCUT2D eigenvalue weighted by Gasteiger charge is -2.18. The molecule has 1 unspecified atom stereocenters. The molecule has 1 atom stereocenters. The first-order valence-electron chi connectivity index (χ1n) is 8.21. The van der Waals surface area contributed by atoms with Gasteiger partial charge in [0.15, 0.2) is 0 Å². The predicted octanol–water partition coefficient (Wildman–Crippen LogP) is 2.58. The van der Waals surface area contributed by atoms with E-state index in [4.69, 9.17) is 16.3 Å². The van der Waals surface area contributed by atoms with Gasteiger partial charge in [0.1, 0.15) is 11.1 Å². The predicted molar refractivity (Wildman–Crippen MR) is 101 cm³/mol. The van der Waals surface area contributed by atoms with Gasteiger partial charge in [-0.05, 0) is 24.5 Å². The highest BCUT2D eigenvalue weighted by atomic mass is 35.5. The van der Waals surface area contributed by atoms with Crippen LogP contribution in [-0.2, 0) is 9.53 Å². The maximum Gasteiger partial charge on any atom is 0.340 e. The first-order chi connectivity index (χ1) is 12.8. The van der Waals surface area contributed by atoms with Crippen molar-refractivity contribution in [2.75, 3.05) is 12.4 Å². The zero-order valence-electron chi connectivity index (χ0n) is 15.1. The second kappa shape index (κ2) is 8.68. The van der Waals surface area contributed by atoms with Crippen molar-refractivity contribution in [2.45, 2.75) is 26.3 Å². The Morgan fingerprint density at radius 3 is 2.59 bits per heavy atom. The van der Waals surface area contributed by atoms with Crippen molar-refractivity contribution in [1.29, 1.82) is 0 Å². The molecule has 1 aromatic heterocycles. The van der Waals surface area contributed by atoms with E-state index in [0.29, 0.717) is 6.42 Å². The highest BCUT2D eigenvalue weighted by Crippen LogP contribution is 2.21. The molecule has 0 amide bonds. The number of para-hydroxylation sites is 1. The Bertz CT molecular complexity index is 910. The van der Waals surface area contributed by atoms with E-state index in [9.17, 15) is 19.5 Å². The van der Waals surface area contributed by atoms with Crippen molar-refractivity contribution in [1.82, 2.24) is 9.78 Å². The molecule has 0 aliphatic rings. The molecule has 0 bridgehead atoms. The van der Waals surface area contributed by atoms with Crippen LogP contribution in [0, 0.1) is 5.92 Å². The second-order valence-electron chi connectivity index (χ2n) is 6.26. The summed E-state index contributed by atoms with van der Waals surface area (Å²) >= 11 is 6.15. The summed E-state index contributed by atoms with van der Waals surface area (Å²) in [5.74, 6) is -1.56. The molecule has 27 heavy (non-hydrogen) atoms. The lowest BCUT2D eigenvalue weighted by Crippen LogP contribution is -2.32. The van der Waals surface area contributed by atoms with Crippen LogP contribution in [0.3, 0.4) is 0 Å². The molecule has 9 heteroatoms. The number of hydrogen-bond donors (Lipinski definition) is 2. The van der Waals surface area contributed by atoms with E-state index in [-0.39, 0.29) is 27.9 Å². The molecule has 0 aliphatic carbocycles. The maximum atomic E-state index is 12.7. The summed E-state index contributed by atoms with van der Waals surface area (Å²) in [5, 5.41) is 15.9. The van der Waals surface area contributed by atoms with Gasteiger partial charge in [-0.2, -0.15) is 9.78 Å². The van der Waals surface area contributed by atoms with E-state index in [1.54, 1.807) is 12.1 Å². The van der Waals surface area contributed by atoms with Crippen LogP contribution in [0.4, 0.5) is 5.69 Å². The van der Waals surface area contributed by atoms with Gasteiger partial charge in [0.2, 0.25) is 0 Å². The minimum atomic E-state index is -1.06. The van der Waals surface area contributed by atoms with Gasteiger partial charge < -0.3 is 15.2 Å². The van der Waals surface area contributed by atoms with E-state index in [2.05, 4.69) is 10.4 Å². The van der Waals surface area contributed by atoms with Crippen molar-refractivity contribution >= 4 is 29.2 Å². The molecule has 0 radical (unpaired) electrons. The Morgan fingerprint density at radius 1 is 1.33 bits per heavy atom. The third-order valence-corrected chi connectivity index (χ3v) is 4.16. The Balaban J connectivity index is 2.46. The topological polar surface area (TPSA) is 111 Å². The van der Waals surface area contributed by atoms with E-state index >= 15 is 0 Å². The van der Waals surface area contributed by atoms with Gasteiger partial charge in [-0.1, -0.05) is 37.6 Å². The number of carboxylic acid groups (broad SMARTS) is 1. The zero-order valence-corrected chi connectivity index (χ0v) is 15.9. The maximum absolute atomic E-state index is 12.7. The largest absolute Gasteiger partial charge is 0.480 e. The van der Waals surface area contributed by atoms with E-state index in [1.807, 2.05) is 13.8 Å². The molecule has 2 N–H and O–H groups in total. The number of benzene rings is 1. The zero-order chi connectivity index (χ0) is 20.1. The summed E-state index contributed by atoms with van der Waals surface area (Å²) in [7, 11) is 1.23. The van der Waals surface area contributed by atoms with Crippen LogP contribution in [0.1, 0.15) is 30.6 Å². The van der Waals surface area contributed by atoms with Crippen LogP contribution in [-0.4, -0.2) is 40.0 Å². The van der Waals surface area contributed by atoms with Crippen molar-refractivity contribution in [3.8, 4) is 5.69 Å². The number of halogens is 1. The number of ether oxygens (including phenoxy) is 1. The first kappa shape index (κ1) is 20.4. The molecule has 1 aromatic carbocycles. The van der Waals surface area contributed by atoms with Gasteiger partial charge in [0.25, 0.3) is 5.56 Å². The number of rotatable bonds is 7. The van der Waals surface area contributed by atoms with Crippen LogP contribution >= 0.6 is 11.6 Å². The summed E-state index contributed by atoms with van der Waals surface area (Å²) < 4.78 is 5.69. The monoisotopic (exact) mass is 393 g/mol. The number of anilines is 1. The standard InChI is InChI=1S/C18H20ClN3O5/c1-10(2)8-12(17(24)25)21-13-9-20-22(16(23)15(13)19)14-7-5-4-6-11(14)18(26)27-3/h4-7,9-10,12,21H,8H2,1-3H3,(H,24,25). The Hall–Kier alpha value is -2.87. The fourth-order valence-corrected chi connectivity index (χ4v) is 2.71. The van der Waals surface area contributed by atoms with Crippen molar-refractivity contribution in [3.05, 3.63) is 51.4 Å². The van der Waals surface area contributed by atoms with Crippen molar-refractivity contribution in [3.63, 3.8) is 0 Å². The van der Waals surface area contributed by atoms with Gasteiger partial charge in [0.05, 0.1) is 30.2 Å². The quantitative estimate of drug-likeness (QED) is 0.695. The third kappa shape index (κ3) is 4.65. The Labute approximate surface area is 160 Å². The van der Waals surface area contributed by atoms with Crippen LogP contribution < -0.4 is 10.9 Å². The van der Waals surface area contributed by atoms with Gasteiger partial charge in [-0.3, -0.25) is 4.79 Å². The third-order valence-electron chi connectivity index (χ3n) is 3.79. The van der Waals surface area contributed by atoms with Gasteiger partial charge >= 0.3 is 11.9 Å². The van der Waals surface area contributed by atoms with Gasteiger partial charge in [-0.25, -0.2) is 9.59 Å². The molecule has 144 valence electrons. The smallest absolute Gasteiger partial charge is 0.340 e. The summed E-state index contributed by atoms with van der Waals surface area (Å²) in [4.78, 5) is 36.0. The first-order valence-corrected chi connectivity index (χ1v) is 8.59. The molecular weight excluding hydrogens is 374 g/mol. The number of methoxy groups -OCH3 is 1. The number of carbonyl (C=O) groups is 2. The lowest BCUT2D eigenvalue weighted by molar-refractivity contribution is -0.138. The summed E-state index contributed by atoms with van der Waals surface area (Å²) in [6.45, 7) is 3.78. The minimum Gasteiger partial charge on any atom is -0.480 e. The fourth-order valence-electron chi connectivity index (χ4n) is 2.53. The van der Waals surface area contributed by atoms with E-state index in [0.717, 1.165) is 4.68 Å². The number of nitrogens with zero attached hydrogens (tertiary/aromatic N) is 2. The molecule has 2 rings (SSSR count). The average molecular weight is 394 g/mol. The second-order valence-corrected chi connectivity index (χ2v) is 6.64. The molecule has 0 fully saturated rings. The van der Waals surface area contributed by atoms with Crippen molar-refractivity contribution < 1.29 is 19.4 Å². The molecule has 0 saturated heterocycles. The van der Waals surface area contributed by atoms with Crippen LogP contribution in [0.5, 0.6) is 0 Å². The number of nitrogens with one attached hydrogen (secondary N) is 1. The number of aliphatic carboxylic acids is 1. The lowest BCUT2D eigenvalue weighted by atomic mass is 10.0. The van der Waals surface area contributed by atoms with Gasteiger partial charge in [0, 0.05) is 0 Å². The van der Waals surface area contributed by atoms with Gasteiger partial charge in [-0.15, -0.1) is 0 Å².